The number of amides is 1. The first-order valence-corrected chi connectivity index (χ1v) is 4.60. The fraction of sp³-hybridized carbons (Fsp3) is 0.300. The van der Waals surface area contributed by atoms with E-state index in [1.54, 1.807) is 0 Å². The van der Waals surface area contributed by atoms with E-state index < -0.39 is 29.3 Å². The van der Waals surface area contributed by atoms with Crippen molar-refractivity contribution in [2.24, 2.45) is 0 Å². The van der Waals surface area contributed by atoms with Gasteiger partial charge in [0.15, 0.2) is 17.4 Å². The Balaban J connectivity index is 2.08. The highest BCUT2D eigenvalue weighted by Gasteiger charge is 2.29. The molecule has 6 heteroatoms. The van der Waals surface area contributed by atoms with Gasteiger partial charge in [-0.25, -0.2) is 13.2 Å². The third kappa shape index (κ3) is 1.95. The summed E-state index contributed by atoms with van der Waals surface area (Å²) < 4.78 is 43.8. The van der Waals surface area contributed by atoms with Crippen molar-refractivity contribution in [2.75, 3.05) is 13.1 Å². The maximum atomic E-state index is 13.1. The van der Waals surface area contributed by atoms with Crippen LogP contribution in [0.4, 0.5) is 13.2 Å². The number of ether oxygens (including phenoxy) is 1. The highest BCUT2D eigenvalue weighted by Crippen LogP contribution is 2.25. The quantitative estimate of drug-likeness (QED) is 0.734. The first-order valence-electron chi connectivity index (χ1n) is 4.60. The monoisotopic (exact) mass is 231 g/mol. The van der Waals surface area contributed by atoms with Crippen LogP contribution in [-0.4, -0.2) is 30.5 Å². The standard InChI is InChI=1S/C10H8F3NO2/c11-6-1-8(12)10(9(13)2-6)16-7-3-14(4-7)5-15/h1-2,5,7H,3-4H2. The normalized spacial score (nSPS) is 15.8. The minimum absolute atomic E-state index is 0.278. The molecular formula is C10H8F3NO2. The van der Waals surface area contributed by atoms with E-state index in [-0.39, 0.29) is 13.1 Å². The number of nitrogens with zero attached hydrogens (tertiary/aromatic N) is 1. The second kappa shape index (κ2) is 4.03. The third-order valence-corrected chi connectivity index (χ3v) is 2.27. The molecule has 0 bridgehead atoms. The fourth-order valence-corrected chi connectivity index (χ4v) is 1.44. The number of carbonyl (C=O) groups is 1. The van der Waals surface area contributed by atoms with Crippen molar-refractivity contribution in [1.29, 1.82) is 0 Å². The zero-order chi connectivity index (χ0) is 11.7. The maximum absolute atomic E-state index is 13.1. The smallest absolute Gasteiger partial charge is 0.209 e. The number of likely N-dealkylation sites (tertiary alicyclic amines) is 1. The number of carbonyl (C=O) groups excluding carboxylic acids is 1. The predicted molar refractivity (Wildman–Crippen MR) is 48.4 cm³/mol. The lowest BCUT2D eigenvalue weighted by atomic mass is 10.2. The second-order valence-corrected chi connectivity index (χ2v) is 3.50. The van der Waals surface area contributed by atoms with Crippen molar-refractivity contribution >= 4 is 6.41 Å². The van der Waals surface area contributed by atoms with Crippen LogP contribution in [-0.2, 0) is 4.79 Å². The van der Waals surface area contributed by atoms with Gasteiger partial charge in [-0.3, -0.25) is 4.79 Å². The molecule has 16 heavy (non-hydrogen) atoms. The Kier molecular flexibility index (Phi) is 2.72. The van der Waals surface area contributed by atoms with E-state index in [1.165, 1.54) is 4.90 Å². The summed E-state index contributed by atoms with van der Waals surface area (Å²) in [5.41, 5.74) is 0. The molecule has 0 N–H and O–H groups in total. The number of rotatable bonds is 3. The Hall–Kier alpha value is -1.72. The van der Waals surface area contributed by atoms with E-state index >= 15 is 0 Å². The van der Waals surface area contributed by atoms with Crippen LogP contribution in [0.5, 0.6) is 5.75 Å². The summed E-state index contributed by atoms with van der Waals surface area (Å²) in [5.74, 6) is -3.76. The first-order chi connectivity index (χ1) is 7.60. The Bertz CT molecular complexity index is 396. The van der Waals surface area contributed by atoms with Crippen LogP contribution < -0.4 is 4.74 Å². The van der Waals surface area contributed by atoms with E-state index in [0.29, 0.717) is 18.5 Å². The Labute approximate surface area is 89.4 Å². The van der Waals surface area contributed by atoms with Crippen molar-refractivity contribution in [3.05, 3.63) is 29.6 Å². The van der Waals surface area contributed by atoms with Crippen molar-refractivity contribution in [3.63, 3.8) is 0 Å². The molecule has 0 aliphatic carbocycles. The number of hydrogen-bond acceptors (Lipinski definition) is 2. The van der Waals surface area contributed by atoms with Gasteiger partial charge in [0, 0.05) is 12.1 Å². The molecule has 0 unspecified atom stereocenters. The summed E-state index contributed by atoms with van der Waals surface area (Å²) in [7, 11) is 0. The topological polar surface area (TPSA) is 29.5 Å². The minimum Gasteiger partial charge on any atom is -0.481 e. The highest BCUT2D eigenvalue weighted by atomic mass is 19.1. The van der Waals surface area contributed by atoms with Gasteiger partial charge in [-0.15, -0.1) is 0 Å². The van der Waals surface area contributed by atoms with Crippen LogP contribution in [0.3, 0.4) is 0 Å². The van der Waals surface area contributed by atoms with Crippen LogP contribution in [0.1, 0.15) is 0 Å². The molecular weight excluding hydrogens is 223 g/mol. The molecule has 0 saturated carbocycles. The van der Waals surface area contributed by atoms with Gasteiger partial charge < -0.3 is 9.64 Å². The number of benzene rings is 1. The largest absolute Gasteiger partial charge is 0.481 e. The average molecular weight is 231 g/mol. The molecule has 2 rings (SSSR count). The lowest BCUT2D eigenvalue weighted by molar-refractivity contribution is -0.126. The van der Waals surface area contributed by atoms with Gasteiger partial charge in [0.2, 0.25) is 6.41 Å². The molecule has 0 aromatic heterocycles. The Morgan fingerprint density at radius 1 is 1.25 bits per heavy atom. The summed E-state index contributed by atoms with van der Waals surface area (Å²) in [5, 5.41) is 0. The molecule has 1 aliphatic rings. The van der Waals surface area contributed by atoms with Gasteiger partial charge in [-0.1, -0.05) is 0 Å². The van der Waals surface area contributed by atoms with Crippen molar-refractivity contribution in [3.8, 4) is 5.75 Å². The third-order valence-electron chi connectivity index (χ3n) is 2.27. The van der Waals surface area contributed by atoms with Crippen LogP contribution in [0.25, 0.3) is 0 Å². The van der Waals surface area contributed by atoms with Crippen molar-refractivity contribution in [2.45, 2.75) is 6.10 Å². The first kappa shape index (κ1) is 10.8. The Morgan fingerprint density at radius 3 is 2.31 bits per heavy atom. The van der Waals surface area contributed by atoms with Crippen LogP contribution in [0, 0.1) is 17.5 Å². The molecule has 1 fully saturated rings. The molecule has 0 radical (unpaired) electrons. The lowest BCUT2D eigenvalue weighted by Crippen LogP contribution is -2.53. The van der Waals surface area contributed by atoms with Crippen molar-refractivity contribution < 1.29 is 22.7 Å². The van der Waals surface area contributed by atoms with Gasteiger partial charge in [0.25, 0.3) is 0 Å². The predicted octanol–water partition coefficient (Wildman–Crippen LogP) is 1.32. The summed E-state index contributed by atoms with van der Waals surface area (Å²) in [6.45, 7) is 0.555. The van der Waals surface area contributed by atoms with Gasteiger partial charge >= 0.3 is 0 Å². The molecule has 1 saturated heterocycles. The number of hydrogen-bond donors (Lipinski definition) is 0. The Morgan fingerprint density at radius 2 is 1.81 bits per heavy atom. The van der Waals surface area contributed by atoms with Gasteiger partial charge in [-0.2, -0.15) is 0 Å². The molecule has 1 heterocycles. The van der Waals surface area contributed by atoms with E-state index in [2.05, 4.69) is 0 Å². The molecule has 1 aromatic rings. The second-order valence-electron chi connectivity index (χ2n) is 3.50. The summed E-state index contributed by atoms with van der Waals surface area (Å²) in [6, 6.07) is 1.10. The van der Waals surface area contributed by atoms with Crippen LogP contribution >= 0.6 is 0 Å². The minimum atomic E-state index is -1.08. The molecule has 0 spiro atoms. The number of halogens is 3. The van der Waals surface area contributed by atoms with E-state index in [0.717, 1.165) is 0 Å². The molecule has 1 aromatic carbocycles. The highest BCUT2D eigenvalue weighted by molar-refractivity contribution is 5.49. The molecule has 1 aliphatic heterocycles. The maximum Gasteiger partial charge on any atom is 0.209 e. The average Bonchev–Trinajstić information content (AvgIpc) is 2.13. The van der Waals surface area contributed by atoms with Gasteiger partial charge in [0.1, 0.15) is 11.9 Å². The fourth-order valence-electron chi connectivity index (χ4n) is 1.44. The van der Waals surface area contributed by atoms with E-state index in [9.17, 15) is 18.0 Å². The zero-order valence-electron chi connectivity index (χ0n) is 8.12. The van der Waals surface area contributed by atoms with E-state index in [4.69, 9.17) is 4.74 Å². The summed E-state index contributed by atoms with van der Waals surface area (Å²) >= 11 is 0. The van der Waals surface area contributed by atoms with Crippen LogP contribution in [0.2, 0.25) is 0 Å². The lowest BCUT2D eigenvalue weighted by Gasteiger charge is -2.36. The SMILES string of the molecule is O=CN1CC(Oc2c(F)cc(F)cc2F)C1. The summed E-state index contributed by atoms with van der Waals surface area (Å²) in [6.07, 6.45) is 0.177. The van der Waals surface area contributed by atoms with Gasteiger partial charge in [0.05, 0.1) is 13.1 Å². The zero-order valence-corrected chi connectivity index (χ0v) is 8.12. The van der Waals surface area contributed by atoms with Crippen LogP contribution in [0.15, 0.2) is 12.1 Å². The molecule has 86 valence electrons. The van der Waals surface area contributed by atoms with Crippen molar-refractivity contribution in [1.82, 2.24) is 4.90 Å². The van der Waals surface area contributed by atoms with Gasteiger partial charge in [-0.05, 0) is 0 Å². The van der Waals surface area contributed by atoms with E-state index in [1.807, 2.05) is 0 Å². The molecule has 3 nitrogen and oxygen atoms in total. The molecule has 1 amide bonds. The molecule has 0 atom stereocenters. The summed E-state index contributed by atoms with van der Waals surface area (Å²) in [4.78, 5) is 11.6.